The third kappa shape index (κ3) is 3.34. The number of hydrogen-bond acceptors (Lipinski definition) is 1. The van der Waals surface area contributed by atoms with Crippen LogP contribution in [0.4, 0.5) is 0 Å². The molecule has 0 aliphatic rings. The van der Waals surface area contributed by atoms with Crippen molar-refractivity contribution in [1.29, 1.82) is 5.26 Å². The zero-order valence-corrected chi connectivity index (χ0v) is 11.8. The fourth-order valence-corrected chi connectivity index (χ4v) is 1.54. The van der Waals surface area contributed by atoms with Crippen molar-refractivity contribution in [3.8, 4) is 6.07 Å². The van der Waals surface area contributed by atoms with Crippen molar-refractivity contribution in [3.63, 3.8) is 0 Å². The molecular formula is C8H7BrCdN. The van der Waals surface area contributed by atoms with Gasteiger partial charge in [-0.2, -0.15) is 0 Å². The summed E-state index contributed by atoms with van der Waals surface area (Å²) in [5.41, 5.74) is 1.16. The molecule has 0 heterocycles. The number of nitriles is 1. The predicted molar refractivity (Wildman–Crippen MR) is 45.1 cm³/mol. The maximum absolute atomic E-state index is 8.58. The molecule has 0 spiro atoms. The number of hydrogen-bond donors (Lipinski definition) is 0. The van der Waals surface area contributed by atoms with Crippen LogP contribution in [-0.2, 0) is 25.8 Å². The third-order valence-corrected chi connectivity index (χ3v) is 3.22. The summed E-state index contributed by atoms with van der Waals surface area (Å²) in [6.07, 6.45) is 0. The van der Waals surface area contributed by atoms with E-state index in [-0.39, 0.29) is 20.5 Å². The minimum atomic E-state index is 0. The molecule has 1 rings (SSSR count). The van der Waals surface area contributed by atoms with Crippen LogP contribution in [0.1, 0.15) is 9.04 Å². The Labute approximate surface area is 92.9 Å². The van der Waals surface area contributed by atoms with E-state index >= 15 is 0 Å². The van der Waals surface area contributed by atoms with Gasteiger partial charge in [-0.05, 0) is 0 Å². The van der Waals surface area contributed by atoms with Gasteiger partial charge in [0.15, 0.2) is 0 Å². The molecule has 0 amide bonds. The quantitative estimate of drug-likeness (QED) is 0.731. The molecule has 0 N–H and O–H groups in total. The summed E-state index contributed by atoms with van der Waals surface area (Å²) in [4.78, 5) is 0. The molecule has 0 aliphatic heterocycles. The van der Waals surface area contributed by atoms with Crippen LogP contribution in [0.15, 0.2) is 30.3 Å². The molecule has 0 fully saturated rings. The third-order valence-electron chi connectivity index (χ3n) is 1.36. The van der Waals surface area contributed by atoms with Crippen LogP contribution in [0.2, 0.25) is 0 Å². The molecule has 0 aliphatic carbocycles. The first-order valence-electron chi connectivity index (χ1n) is 3.12. The molecule has 0 saturated carbocycles. The van der Waals surface area contributed by atoms with Gasteiger partial charge in [-0.15, -0.1) is 17.0 Å². The summed E-state index contributed by atoms with van der Waals surface area (Å²) in [6, 6.07) is 12.2. The van der Waals surface area contributed by atoms with E-state index in [1.807, 2.05) is 30.3 Å². The summed E-state index contributed by atoms with van der Waals surface area (Å²) < 4.78 is 0.185. The Bertz CT molecular complexity index is 242. The molecule has 0 saturated heterocycles. The van der Waals surface area contributed by atoms with Gasteiger partial charge in [0.2, 0.25) is 0 Å². The number of nitrogens with zero attached hydrogens (tertiary/aromatic N) is 1. The predicted octanol–water partition coefficient (Wildman–Crippen LogP) is 2.38. The fourth-order valence-electron chi connectivity index (χ4n) is 0.760. The van der Waals surface area contributed by atoms with Crippen LogP contribution in [-0.4, -0.2) is 0 Å². The van der Waals surface area contributed by atoms with Crippen LogP contribution in [0.3, 0.4) is 0 Å². The molecule has 1 nitrogen and oxygen atoms in total. The number of halogens is 1. The van der Waals surface area contributed by atoms with Gasteiger partial charge in [0.1, 0.15) is 0 Å². The van der Waals surface area contributed by atoms with Crippen molar-refractivity contribution < 1.29 is 25.8 Å². The van der Waals surface area contributed by atoms with Crippen LogP contribution in [0.5, 0.6) is 0 Å². The van der Waals surface area contributed by atoms with E-state index in [9.17, 15) is 0 Å². The summed E-state index contributed by atoms with van der Waals surface area (Å²) in [5.74, 6) is 0. The van der Waals surface area contributed by atoms with E-state index in [0.717, 1.165) is 5.56 Å². The number of benzene rings is 1. The average Bonchev–Trinajstić information content (AvgIpc) is 2.05. The summed E-state index contributed by atoms with van der Waals surface area (Å²) >= 11 is 0.696. The Morgan fingerprint density at radius 2 is 1.82 bits per heavy atom. The topological polar surface area (TPSA) is 23.8 Å². The molecule has 1 unspecified atom stereocenters. The molecule has 0 radical (unpaired) electrons. The van der Waals surface area contributed by atoms with Gasteiger partial charge >= 0.3 is 76.5 Å². The second kappa shape index (κ2) is 5.72. The van der Waals surface area contributed by atoms with Gasteiger partial charge in [-0.25, -0.2) is 0 Å². The Hall–Kier alpha value is 0.112. The van der Waals surface area contributed by atoms with Crippen molar-refractivity contribution in [2.75, 3.05) is 0 Å². The van der Waals surface area contributed by atoms with Crippen molar-refractivity contribution >= 4 is 17.0 Å². The zero-order valence-electron chi connectivity index (χ0n) is 6.03. The van der Waals surface area contributed by atoms with Gasteiger partial charge in [-0.1, -0.05) is 0 Å². The van der Waals surface area contributed by atoms with E-state index in [1.165, 1.54) is 0 Å². The van der Waals surface area contributed by atoms with E-state index in [0.29, 0.717) is 25.8 Å². The van der Waals surface area contributed by atoms with Gasteiger partial charge in [0, 0.05) is 0 Å². The molecule has 1 atom stereocenters. The average molecular weight is 309 g/mol. The van der Waals surface area contributed by atoms with Crippen molar-refractivity contribution in [2.45, 2.75) is 3.48 Å². The van der Waals surface area contributed by atoms with E-state index in [2.05, 4.69) is 6.07 Å². The Morgan fingerprint density at radius 3 is 2.27 bits per heavy atom. The van der Waals surface area contributed by atoms with Gasteiger partial charge in [0.25, 0.3) is 0 Å². The first-order valence-corrected chi connectivity index (χ1v) is 5.45. The standard InChI is InChI=1S/C8H6N.BrH.Cd/c9-7-6-8-4-2-1-3-5-8;;/h1-6H;1H;. The molecule has 1 aromatic carbocycles. The number of rotatable bonds is 1. The van der Waals surface area contributed by atoms with Crippen LogP contribution < -0.4 is 0 Å². The van der Waals surface area contributed by atoms with Gasteiger partial charge in [-0.3, -0.25) is 0 Å². The first kappa shape index (κ1) is 11.1. The van der Waals surface area contributed by atoms with Gasteiger partial charge in [0.05, 0.1) is 0 Å². The van der Waals surface area contributed by atoms with Crippen LogP contribution in [0.25, 0.3) is 0 Å². The second-order valence-electron chi connectivity index (χ2n) is 2.09. The Kier molecular flexibility index (Phi) is 5.78. The Morgan fingerprint density at radius 1 is 1.27 bits per heavy atom. The zero-order chi connectivity index (χ0) is 7.40. The molecule has 0 bridgehead atoms. The molecule has 0 aromatic heterocycles. The van der Waals surface area contributed by atoms with Crippen molar-refractivity contribution in [3.05, 3.63) is 35.9 Å². The van der Waals surface area contributed by atoms with E-state index in [1.54, 1.807) is 0 Å². The normalized spacial score (nSPS) is 11.0. The SMILES string of the molecule is Br.N#C[CH]([Cd])c1ccccc1. The van der Waals surface area contributed by atoms with Crippen LogP contribution in [0, 0.1) is 11.3 Å². The minimum absolute atomic E-state index is 0. The maximum atomic E-state index is 8.58. The Balaban J connectivity index is 0.000001000. The van der Waals surface area contributed by atoms with Gasteiger partial charge < -0.3 is 0 Å². The molecule has 11 heavy (non-hydrogen) atoms. The second-order valence-corrected chi connectivity index (χ2v) is 4.42. The summed E-state index contributed by atoms with van der Waals surface area (Å²) in [7, 11) is 0. The molecule has 53 valence electrons. The van der Waals surface area contributed by atoms with Crippen LogP contribution >= 0.6 is 17.0 Å². The van der Waals surface area contributed by atoms with Crippen molar-refractivity contribution in [1.82, 2.24) is 0 Å². The molecule has 1 aromatic rings. The first-order chi connectivity index (χ1) is 4.84. The summed E-state index contributed by atoms with van der Waals surface area (Å²) in [6.45, 7) is 0. The summed E-state index contributed by atoms with van der Waals surface area (Å²) in [5, 5.41) is 8.58. The monoisotopic (exact) mass is 310 g/mol. The molecular weight excluding hydrogens is 302 g/mol. The van der Waals surface area contributed by atoms with E-state index < -0.39 is 0 Å². The van der Waals surface area contributed by atoms with E-state index in [4.69, 9.17) is 5.26 Å². The van der Waals surface area contributed by atoms with Crippen molar-refractivity contribution in [2.24, 2.45) is 0 Å². The fraction of sp³-hybridized carbons (Fsp3) is 0.125. The molecule has 3 heteroatoms.